The summed E-state index contributed by atoms with van der Waals surface area (Å²) in [6.07, 6.45) is 1.11. The van der Waals surface area contributed by atoms with Crippen LogP contribution in [0.25, 0.3) is 5.78 Å². The second-order valence-corrected chi connectivity index (χ2v) is 4.80. The molecule has 0 amide bonds. The Kier molecular flexibility index (Phi) is 3.26. The largest absolute Gasteiger partial charge is 0.353 e. The minimum absolute atomic E-state index is 0.659. The zero-order chi connectivity index (χ0) is 12.4. The summed E-state index contributed by atoms with van der Waals surface area (Å²) in [7, 11) is 0. The molecule has 0 saturated heterocycles. The third-order valence-electron chi connectivity index (χ3n) is 2.62. The van der Waals surface area contributed by atoms with Gasteiger partial charge in [0.1, 0.15) is 0 Å². The topological polar surface area (TPSA) is 55.1 Å². The first-order chi connectivity index (χ1) is 8.06. The molecule has 2 aromatic heterocycles. The van der Waals surface area contributed by atoms with Crippen LogP contribution in [0.1, 0.15) is 31.7 Å². The van der Waals surface area contributed by atoms with Crippen LogP contribution in [0.4, 0.5) is 5.95 Å². The Bertz CT molecular complexity index is 515. The summed E-state index contributed by atoms with van der Waals surface area (Å²) in [5, 5.41) is 7.61. The van der Waals surface area contributed by atoms with Crippen molar-refractivity contribution in [1.29, 1.82) is 0 Å². The van der Waals surface area contributed by atoms with Crippen molar-refractivity contribution in [2.45, 2.75) is 34.1 Å². The van der Waals surface area contributed by atoms with E-state index in [4.69, 9.17) is 0 Å². The van der Waals surface area contributed by atoms with Crippen LogP contribution in [0.2, 0.25) is 0 Å². The van der Waals surface area contributed by atoms with Gasteiger partial charge in [-0.05, 0) is 32.3 Å². The molecule has 0 atom stereocenters. The molecule has 1 N–H and O–H groups in total. The van der Waals surface area contributed by atoms with E-state index in [-0.39, 0.29) is 0 Å². The highest BCUT2D eigenvalue weighted by Gasteiger charge is 2.06. The fraction of sp³-hybridized carbons (Fsp3) is 0.583. The van der Waals surface area contributed by atoms with Gasteiger partial charge in [-0.25, -0.2) is 4.98 Å². The lowest BCUT2D eigenvalue weighted by atomic mass is 10.1. The molecule has 17 heavy (non-hydrogen) atoms. The van der Waals surface area contributed by atoms with Crippen molar-refractivity contribution in [2.24, 2.45) is 5.92 Å². The average molecular weight is 233 g/mol. The summed E-state index contributed by atoms with van der Waals surface area (Å²) in [6, 6.07) is 2.00. The second-order valence-electron chi connectivity index (χ2n) is 4.80. The number of hydrogen-bond donors (Lipinski definition) is 1. The van der Waals surface area contributed by atoms with Crippen LogP contribution in [-0.4, -0.2) is 26.1 Å². The summed E-state index contributed by atoms with van der Waals surface area (Å²) in [5.74, 6) is 2.00. The van der Waals surface area contributed by atoms with E-state index in [1.165, 1.54) is 0 Å². The van der Waals surface area contributed by atoms with Crippen LogP contribution in [-0.2, 0) is 0 Å². The molecule has 0 aliphatic carbocycles. The van der Waals surface area contributed by atoms with E-state index in [1.54, 1.807) is 4.52 Å². The van der Waals surface area contributed by atoms with Crippen LogP contribution in [0.3, 0.4) is 0 Å². The van der Waals surface area contributed by atoms with Crippen molar-refractivity contribution in [3.05, 3.63) is 17.5 Å². The molecule has 2 heterocycles. The maximum absolute atomic E-state index is 4.38. The highest BCUT2D eigenvalue weighted by atomic mass is 15.4. The highest BCUT2D eigenvalue weighted by molar-refractivity contribution is 5.38. The van der Waals surface area contributed by atoms with Gasteiger partial charge in [0.15, 0.2) is 0 Å². The predicted molar refractivity (Wildman–Crippen MR) is 68.2 cm³/mol. The summed E-state index contributed by atoms with van der Waals surface area (Å²) >= 11 is 0. The lowest BCUT2D eigenvalue weighted by Crippen LogP contribution is -2.06. The van der Waals surface area contributed by atoms with Crippen molar-refractivity contribution < 1.29 is 0 Å². The molecule has 0 saturated carbocycles. The highest BCUT2D eigenvalue weighted by Crippen LogP contribution is 2.08. The number of nitrogens with one attached hydrogen (secondary N) is 1. The monoisotopic (exact) mass is 233 g/mol. The van der Waals surface area contributed by atoms with E-state index in [0.29, 0.717) is 17.6 Å². The molecule has 0 aliphatic heterocycles. The number of fused-ring (bicyclic) bond motifs is 1. The summed E-state index contributed by atoms with van der Waals surface area (Å²) in [4.78, 5) is 8.71. The molecule has 2 rings (SSSR count). The number of aromatic nitrogens is 4. The van der Waals surface area contributed by atoms with Crippen LogP contribution in [0.5, 0.6) is 0 Å². The fourth-order valence-electron chi connectivity index (χ4n) is 1.71. The maximum Gasteiger partial charge on any atom is 0.254 e. The molecule has 0 aliphatic rings. The molecular weight excluding hydrogens is 214 g/mol. The van der Waals surface area contributed by atoms with Crippen molar-refractivity contribution in [3.8, 4) is 0 Å². The van der Waals surface area contributed by atoms with Crippen LogP contribution < -0.4 is 5.32 Å². The third-order valence-corrected chi connectivity index (χ3v) is 2.62. The molecule has 2 aromatic rings. The van der Waals surface area contributed by atoms with Gasteiger partial charge in [-0.15, -0.1) is 5.10 Å². The molecule has 5 heteroatoms. The van der Waals surface area contributed by atoms with E-state index in [0.717, 1.165) is 24.4 Å². The quantitative estimate of drug-likeness (QED) is 0.879. The fourth-order valence-corrected chi connectivity index (χ4v) is 1.71. The van der Waals surface area contributed by atoms with Gasteiger partial charge >= 0.3 is 0 Å². The minimum Gasteiger partial charge on any atom is -0.353 e. The SMILES string of the molecule is Cc1cc(C)n2nc(NCCC(C)C)nc2n1. The molecule has 0 unspecified atom stereocenters. The number of rotatable bonds is 4. The molecule has 0 bridgehead atoms. The minimum atomic E-state index is 0.659. The van der Waals surface area contributed by atoms with Crippen molar-refractivity contribution >= 4 is 11.7 Å². The predicted octanol–water partition coefficient (Wildman–Crippen LogP) is 2.20. The van der Waals surface area contributed by atoms with Crippen LogP contribution >= 0.6 is 0 Å². The number of anilines is 1. The van der Waals surface area contributed by atoms with E-state index < -0.39 is 0 Å². The van der Waals surface area contributed by atoms with Gasteiger partial charge in [0.2, 0.25) is 5.95 Å². The Labute approximate surface area is 101 Å². The lowest BCUT2D eigenvalue weighted by Gasteiger charge is -2.03. The van der Waals surface area contributed by atoms with E-state index in [9.17, 15) is 0 Å². The maximum atomic E-state index is 4.38. The van der Waals surface area contributed by atoms with Gasteiger partial charge in [-0.1, -0.05) is 13.8 Å². The number of nitrogens with zero attached hydrogens (tertiary/aromatic N) is 4. The van der Waals surface area contributed by atoms with E-state index >= 15 is 0 Å². The first-order valence-electron chi connectivity index (χ1n) is 6.01. The average Bonchev–Trinajstić information content (AvgIpc) is 2.60. The third kappa shape index (κ3) is 2.72. The van der Waals surface area contributed by atoms with Gasteiger partial charge in [0.25, 0.3) is 5.78 Å². The molecule has 0 aromatic carbocycles. The normalized spacial score (nSPS) is 11.4. The Morgan fingerprint density at radius 3 is 2.76 bits per heavy atom. The van der Waals surface area contributed by atoms with E-state index in [1.807, 2.05) is 19.9 Å². The smallest absolute Gasteiger partial charge is 0.254 e. The Morgan fingerprint density at radius 2 is 2.06 bits per heavy atom. The Hall–Kier alpha value is -1.65. The van der Waals surface area contributed by atoms with Gasteiger partial charge in [0.05, 0.1) is 0 Å². The summed E-state index contributed by atoms with van der Waals surface area (Å²) in [6.45, 7) is 9.27. The molecule has 92 valence electrons. The molecule has 0 fully saturated rings. The number of aryl methyl sites for hydroxylation is 2. The van der Waals surface area contributed by atoms with Crippen LogP contribution in [0.15, 0.2) is 6.07 Å². The van der Waals surface area contributed by atoms with Gasteiger partial charge < -0.3 is 5.32 Å². The standard InChI is InChI=1S/C12H19N5/c1-8(2)5-6-13-11-15-12-14-9(3)7-10(4)17(12)16-11/h7-8H,5-6H2,1-4H3,(H,13,16). The Morgan fingerprint density at radius 1 is 1.29 bits per heavy atom. The summed E-state index contributed by atoms with van der Waals surface area (Å²) < 4.78 is 1.77. The second kappa shape index (κ2) is 4.69. The zero-order valence-electron chi connectivity index (χ0n) is 10.9. The van der Waals surface area contributed by atoms with Gasteiger partial charge in [0, 0.05) is 17.9 Å². The first kappa shape index (κ1) is 11.8. The summed E-state index contributed by atoms with van der Waals surface area (Å²) in [5.41, 5.74) is 2.02. The lowest BCUT2D eigenvalue weighted by molar-refractivity contribution is 0.606. The Balaban J connectivity index is 2.17. The van der Waals surface area contributed by atoms with Crippen LogP contribution in [0, 0.1) is 19.8 Å². The van der Waals surface area contributed by atoms with Gasteiger partial charge in [-0.3, -0.25) is 0 Å². The molecule has 0 spiro atoms. The van der Waals surface area contributed by atoms with Crippen molar-refractivity contribution in [1.82, 2.24) is 19.6 Å². The van der Waals surface area contributed by atoms with Crippen molar-refractivity contribution in [3.63, 3.8) is 0 Å². The molecule has 5 nitrogen and oxygen atoms in total. The van der Waals surface area contributed by atoms with Crippen molar-refractivity contribution in [2.75, 3.05) is 11.9 Å². The zero-order valence-corrected chi connectivity index (χ0v) is 10.9. The first-order valence-corrected chi connectivity index (χ1v) is 6.01. The molecular formula is C12H19N5. The van der Waals surface area contributed by atoms with Gasteiger partial charge in [-0.2, -0.15) is 9.50 Å². The number of hydrogen-bond acceptors (Lipinski definition) is 4. The molecule has 0 radical (unpaired) electrons. The van der Waals surface area contributed by atoms with E-state index in [2.05, 4.69) is 34.2 Å².